The molecular formula is C13H24N2S. The molecule has 0 N–H and O–H groups in total. The molecule has 0 saturated heterocycles. The van der Waals surface area contributed by atoms with Crippen LogP contribution in [0.3, 0.4) is 0 Å². The molecule has 0 aromatic carbocycles. The van der Waals surface area contributed by atoms with Gasteiger partial charge in [0.2, 0.25) is 0 Å². The molecule has 1 aromatic heterocycles. The van der Waals surface area contributed by atoms with E-state index in [2.05, 4.69) is 22.3 Å². The fourth-order valence-corrected chi connectivity index (χ4v) is 1.21. The second-order valence-electron chi connectivity index (χ2n) is 2.29. The average Bonchev–Trinajstić information content (AvgIpc) is 2.35. The summed E-state index contributed by atoms with van der Waals surface area (Å²) in [6, 6.07) is 1.90. The van der Waals surface area contributed by atoms with Crippen molar-refractivity contribution in [1.29, 1.82) is 0 Å². The van der Waals surface area contributed by atoms with Crippen LogP contribution in [0.25, 0.3) is 6.08 Å². The van der Waals surface area contributed by atoms with Crippen LogP contribution in [0.15, 0.2) is 17.7 Å². The third kappa shape index (κ3) is 9.71. The van der Waals surface area contributed by atoms with Crippen molar-refractivity contribution in [1.82, 2.24) is 9.97 Å². The molecule has 0 fully saturated rings. The Morgan fingerprint density at radius 3 is 2.38 bits per heavy atom. The van der Waals surface area contributed by atoms with Crippen molar-refractivity contribution >= 4 is 17.8 Å². The van der Waals surface area contributed by atoms with E-state index in [4.69, 9.17) is 0 Å². The van der Waals surface area contributed by atoms with Gasteiger partial charge in [-0.25, -0.2) is 9.97 Å². The van der Waals surface area contributed by atoms with Crippen molar-refractivity contribution < 1.29 is 0 Å². The molecule has 0 saturated carbocycles. The van der Waals surface area contributed by atoms with E-state index >= 15 is 0 Å². The first kappa shape index (κ1) is 17.6. The van der Waals surface area contributed by atoms with E-state index in [0.29, 0.717) is 0 Å². The predicted octanol–water partition coefficient (Wildman–Crippen LogP) is 4.56. The second-order valence-corrected chi connectivity index (χ2v) is 3.47. The van der Waals surface area contributed by atoms with E-state index in [9.17, 15) is 0 Å². The van der Waals surface area contributed by atoms with Gasteiger partial charge in [-0.3, -0.25) is 0 Å². The van der Waals surface area contributed by atoms with Crippen LogP contribution in [0.5, 0.6) is 0 Å². The van der Waals surface area contributed by atoms with Gasteiger partial charge in [-0.05, 0) is 30.2 Å². The fraction of sp³-hybridized carbons (Fsp3) is 0.538. The van der Waals surface area contributed by atoms with Gasteiger partial charge in [0.05, 0.1) is 5.69 Å². The zero-order valence-electron chi connectivity index (χ0n) is 11.3. The van der Waals surface area contributed by atoms with Crippen molar-refractivity contribution in [3.63, 3.8) is 0 Å². The highest BCUT2D eigenvalue weighted by molar-refractivity contribution is 8.02. The molecule has 1 heterocycles. The molecule has 0 amide bonds. The van der Waals surface area contributed by atoms with E-state index in [0.717, 1.165) is 17.3 Å². The van der Waals surface area contributed by atoms with Crippen LogP contribution in [0.2, 0.25) is 0 Å². The van der Waals surface area contributed by atoms with Crippen molar-refractivity contribution in [2.75, 3.05) is 5.75 Å². The topological polar surface area (TPSA) is 25.8 Å². The molecule has 92 valence electrons. The molecule has 16 heavy (non-hydrogen) atoms. The molecule has 1 rings (SSSR count). The summed E-state index contributed by atoms with van der Waals surface area (Å²) in [6.45, 7) is 12.0. The molecule has 0 spiro atoms. The van der Waals surface area contributed by atoms with E-state index in [1.165, 1.54) is 0 Å². The lowest BCUT2D eigenvalue weighted by atomic mass is 10.4. The van der Waals surface area contributed by atoms with Gasteiger partial charge in [-0.2, -0.15) is 0 Å². The quantitative estimate of drug-likeness (QED) is 0.774. The first-order chi connectivity index (χ1) is 7.83. The molecule has 0 atom stereocenters. The Labute approximate surface area is 105 Å². The first-order valence-electron chi connectivity index (χ1n) is 5.90. The van der Waals surface area contributed by atoms with Gasteiger partial charge in [0.25, 0.3) is 0 Å². The van der Waals surface area contributed by atoms with Gasteiger partial charge < -0.3 is 0 Å². The Bertz CT molecular complexity index is 272. The summed E-state index contributed by atoms with van der Waals surface area (Å²) in [7, 11) is 0. The number of aromatic nitrogens is 2. The van der Waals surface area contributed by atoms with Gasteiger partial charge in [0.15, 0.2) is 0 Å². The molecule has 0 bridgehead atoms. The minimum atomic E-state index is 0.818. The zero-order chi connectivity index (χ0) is 12.8. The minimum absolute atomic E-state index is 0.818. The van der Waals surface area contributed by atoms with Crippen molar-refractivity contribution in [3.05, 3.63) is 29.2 Å². The third-order valence-electron chi connectivity index (χ3n) is 1.30. The minimum Gasteiger partial charge on any atom is -0.242 e. The summed E-state index contributed by atoms with van der Waals surface area (Å²) in [5, 5.41) is 2.06. The molecule has 3 heteroatoms. The summed E-state index contributed by atoms with van der Waals surface area (Å²) in [5.41, 5.74) is 0.975. The van der Waals surface area contributed by atoms with Crippen LogP contribution in [0.1, 0.15) is 46.1 Å². The summed E-state index contributed by atoms with van der Waals surface area (Å²) in [4.78, 5) is 8.25. The molecule has 0 radical (unpaired) electrons. The van der Waals surface area contributed by atoms with Crippen molar-refractivity contribution in [3.8, 4) is 0 Å². The number of thioether (sulfide) groups is 1. The van der Waals surface area contributed by atoms with Gasteiger partial charge in [-0.15, -0.1) is 11.8 Å². The predicted molar refractivity (Wildman–Crippen MR) is 76.6 cm³/mol. The van der Waals surface area contributed by atoms with E-state index < -0.39 is 0 Å². The zero-order valence-corrected chi connectivity index (χ0v) is 12.1. The van der Waals surface area contributed by atoms with E-state index in [1.807, 2.05) is 46.8 Å². The molecule has 0 aliphatic heterocycles. The Balaban J connectivity index is 0. The van der Waals surface area contributed by atoms with Crippen LogP contribution >= 0.6 is 11.8 Å². The van der Waals surface area contributed by atoms with Crippen molar-refractivity contribution in [2.45, 2.75) is 41.5 Å². The number of aryl methyl sites for hydroxylation is 1. The first-order valence-corrected chi connectivity index (χ1v) is 6.95. The second kappa shape index (κ2) is 14.2. The Morgan fingerprint density at radius 2 is 1.88 bits per heavy atom. The van der Waals surface area contributed by atoms with E-state index in [-0.39, 0.29) is 0 Å². The number of rotatable bonds is 3. The lowest BCUT2D eigenvalue weighted by molar-refractivity contribution is 1.04. The summed E-state index contributed by atoms with van der Waals surface area (Å²) >= 11 is 1.77. The number of hydrogen-bond donors (Lipinski definition) is 0. The van der Waals surface area contributed by atoms with Crippen LogP contribution in [0, 0.1) is 6.92 Å². The lowest BCUT2D eigenvalue weighted by Crippen LogP contribution is -1.87. The van der Waals surface area contributed by atoms with Crippen LogP contribution < -0.4 is 0 Å². The maximum atomic E-state index is 4.23. The molecule has 0 aliphatic rings. The van der Waals surface area contributed by atoms with E-state index in [1.54, 1.807) is 18.0 Å². The Kier molecular flexibility index (Phi) is 15.6. The molecule has 1 aromatic rings. The molecular weight excluding hydrogens is 216 g/mol. The monoisotopic (exact) mass is 240 g/mol. The molecule has 0 aliphatic carbocycles. The maximum Gasteiger partial charge on any atom is 0.125 e. The van der Waals surface area contributed by atoms with Crippen molar-refractivity contribution in [2.24, 2.45) is 0 Å². The standard InChI is InChI=1S/C9H12N2S.2C2H6/c1-3-12-7-5-9-4-6-10-8(2)11-9;2*1-2/h4-7H,3H2,1-2H3;2*1-2H3/b7-5+;;. The largest absolute Gasteiger partial charge is 0.242 e. The summed E-state index contributed by atoms with van der Waals surface area (Å²) in [6.07, 6.45) is 3.78. The van der Waals surface area contributed by atoms with Gasteiger partial charge in [0, 0.05) is 6.20 Å². The number of nitrogens with zero attached hydrogens (tertiary/aromatic N) is 2. The maximum absolute atomic E-state index is 4.23. The van der Waals surface area contributed by atoms with Crippen LogP contribution in [-0.4, -0.2) is 15.7 Å². The highest BCUT2D eigenvalue weighted by Crippen LogP contribution is 2.05. The van der Waals surface area contributed by atoms with Crippen LogP contribution in [0.4, 0.5) is 0 Å². The highest BCUT2D eigenvalue weighted by Gasteiger charge is 1.88. The summed E-state index contributed by atoms with van der Waals surface area (Å²) in [5.74, 6) is 1.92. The Morgan fingerprint density at radius 1 is 1.25 bits per heavy atom. The molecule has 0 unspecified atom stereocenters. The lowest BCUT2D eigenvalue weighted by Gasteiger charge is -1.92. The average molecular weight is 240 g/mol. The SMILES string of the molecule is CC.CC.CCS/C=C/c1ccnc(C)n1. The highest BCUT2D eigenvalue weighted by atomic mass is 32.2. The normalized spacial score (nSPS) is 8.88. The summed E-state index contributed by atoms with van der Waals surface area (Å²) < 4.78 is 0. The smallest absolute Gasteiger partial charge is 0.125 e. The number of hydrogen-bond acceptors (Lipinski definition) is 3. The van der Waals surface area contributed by atoms with Gasteiger partial charge in [-0.1, -0.05) is 34.6 Å². The van der Waals surface area contributed by atoms with Gasteiger partial charge >= 0.3 is 0 Å². The fourth-order valence-electron chi connectivity index (χ4n) is 0.781. The van der Waals surface area contributed by atoms with Gasteiger partial charge in [0.1, 0.15) is 5.82 Å². The Hall–Kier alpha value is -0.830. The van der Waals surface area contributed by atoms with Crippen LogP contribution in [-0.2, 0) is 0 Å². The molecule has 2 nitrogen and oxygen atoms in total. The third-order valence-corrected chi connectivity index (χ3v) is 1.96.